The third-order valence-corrected chi connectivity index (χ3v) is 3.81. The molecular formula is C18H25N3O3. The molecule has 0 aromatic heterocycles. The summed E-state index contributed by atoms with van der Waals surface area (Å²) in [6.45, 7) is 6.32. The van der Waals surface area contributed by atoms with E-state index in [2.05, 4.69) is 15.5 Å². The number of carbonyl (C=O) groups is 2. The first kappa shape index (κ1) is 18.2. The number of nitrogens with zero attached hydrogens (tertiary/aromatic N) is 1. The number of amides is 2. The first-order chi connectivity index (χ1) is 11.6. The topological polar surface area (TPSA) is 70.7 Å². The molecule has 130 valence electrons. The van der Waals surface area contributed by atoms with E-state index in [1.54, 1.807) is 13.0 Å². The Morgan fingerprint density at radius 3 is 2.67 bits per heavy atom. The highest BCUT2D eigenvalue weighted by Crippen LogP contribution is 2.00. The van der Waals surface area contributed by atoms with E-state index in [0.717, 1.165) is 38.4 Å². The van der Waals surface area contributed by atoms with Crippen molar-refractivity contribution in [1.82, 2.24) is 15.5 Å². The first-order valence-corrected chi connectivity index (χ1v) is 8.26. The number of nitrogens with one attached hydrogen (secondary N) is 2. The quantitative estimate of drug-likeness (QED) is 0.720. The summed E-state index contributed by atoms with van der Waals surface area (Å²) in [5.41, 5.74) is 0.940. The Labute approximate surface area is 142 Å². The summed E-state index contributed by atoms with van der Waals surface area (Å²) in [5.74, 6) is -0.459. The van der Waals surface area contributed by atoms with Crippen LogP contribution >= 0.6 is 0 Å². The van der Waals surface area contributed by atoms with Crippen LogP contribution in [-0.4, -0.2) is 62.1 Å². The fourth-order valence-electron chi connectivity index (χ4n) is 2.38. The van der Waals surface area contributed by atoms with Crippen molar-refractivity contribution in [3.8, 4) is 0 Å². The molecule has 1 aliphatic rings. The lowest BCUT2D eigenvalue weighted by atomic mass is 10.2. The Bertz CT molecular complexity index is 554. The summed E-state index contributed by atoms with van der Waals surface area (Å²) in [6, 6.07) is 8.98. The molecule has 0 radical (unpaired) electrons. The molecule has 0 bridgehead atoms. The summed E-state index contributed by atoms with van der Waals surface area (Å²) in [6.07, 6.45) is 3.16. The van der Waals surface area contributed by atoms with Crippen LogP contribution in [0.5, 0.6) is 0 Å². The SMILES string of the molecule is CC(NC(=O)/C=C/c1ccccc1)C(=O)NCCN1CCOCC1. The van der Waals surface area contributed by atoms with Gasteiger partial charge in [0.15, 0.2) is 0 Å². The van der Waals surface area contributed by atoms with E-state index < -0.39 is 6.04 Å². The lowest BCUT2D eigenvalue weighted by Crippen LogP contribution is -2.47. The monoisotopic (exact) mass is 331 g/mol. The zero-order valence-electron chi connectivity index (χ0n) is 14.0. The van der Waals surface area contributed by atoms with E-state index in [1.165, 1.54) is 6.08 Å². The molecule has 1 heterocycles. The molecule has 1 atom stereocenters. The predicted molar refractivity (Wildman–Crippen MR) is 93.3 cm³/mol. The second kappa shape index (κ2) is 9.85. The van der Waals surface area contributed by atoms with Crippen LogP contribution in [0.4, 0.5) is 0 Å². The number of morpholine rings is 1. The Balaban J connectivity index is 1.66. The molecule has 1 saturated heterocycles. The summed E-state index contributed by atoms with van der Waals surface area (Å²) in [5, 5.41) is 5.52. The van der Waals surface area contributed by atoms with Crippen LogP contribution < -0.4 is 10.6 Å². The van der Waals surface area contributed by atoms with E-state index in [4.69, 9.17) is 4.74 Å². The van der Waals surface area contributed by atoms with E-state index in [-0.39, 0.29) is 11.8 Å². The van der Waals surface area contributed by atoms with E-state index in [9.17, 15) is 9.59 Å². The number of rotatable bonds is 7. The molecule has 1 aromatic carbocycles. The maximum atomic E-state index is 12.0. The maximum absolute atomic E-state index is 12.0. The van der Waals surface area contributed by atoms with Gasteiger partial charge >= 0.3 is 0 Å². The molecule has 2 rings (SSSR count). The number of hydrogen-bond acceptors (Lipinski definition) is 4. The predicted octanol–water partition coefficient (Wildman–Crippen LogP) is 0.653. The van der Waals surface area contributed by atoms with Crippen molar-refractivity contribution in [3.05, 3.63) is 42.0 Å². The molecule has 0 aliphatic carbocycles. The van der Waals surface area contributed by atoms with Crippen LogP contribution in [0, 0.1) is 0 Å². The van der Waals surface area contributed by atoms with Gasteiger partial charge in [0.1, 0.15) is 6.04 Å². The second-order valence-corrected chi connectivity index (χ2v) is 5.72. The van der Waals surface area contributed by atoms with Crippen molar-refractivity contribution in [1.29, 1.82) is 0 Å². The Hall–Kier alpha value is -2.18. The number of ether oxygens (including phenoxy) is 1. The van der Waals surface area contributed by atoms with Gasteiger partial charge in [-0.1, -0.05) is 30.3 Å². The zero-order valence-corrected chi connectivity index (χ0v) is 14.0. The third kappa shape index (κ3) is 6.52. The normalized spacial score (nSPS) is 16.7. The fraction of sp³-hybridized carbons (Fsp3) is 0.444. The van der Waals surface area contributed by atoms with Gasteiger partial charge < -0.3 is 15.4 Å². The van der Waals surface area contributed by atoms with Crippen molar-refractivity contribution in [2.75, 3.05) is 39.4 Å². The maximum Gasteiger partial charge on any atom is 0.244 e. The molecule has 1 unspecified atom stereocenters. The smallest absolute Gasteiger partial charge is 0.244 e. The van der Waals surface area contributed by atoms with Crippen LogP contribution in [0.15, 0.2) is 36.4 Å². The molecule has 0 spiro atoms. The highest BCUT2D eigenvalue weighted by molar-refractivity contribution is 5.95. The van der Waals surface area contributed by atoms with Gasteiger partial charge in [0.2, 0.25) is 11.8 Å². The molecule has 0 saturated carbocycles. The minimum atomic E-state index is -0.567. The van der Waals surface area contributed by atoms with Crippen molar-refractivity contribution < 1.29 is 14.3 Å². The highest BCUT2D eigenvalue weighted by Gasteiger charge is 2.15. The lowest BCUT2D eigenvalue weighted by molar-refractivity contribution is -0.126. The van der Waals surface area contributed by atoms with Crippen molar-refractivity contribution in [2.45, 2.75) is 13.0 Å². The van der Waals surface area contributed by atoms with Gasteiger partial charge in [0.25, 0.3) is 0 Å². The van der Waals surface area contributed by atoms with E-state index in [0.29, 0.717) is 6.54 Å². The van der Waals surface area contributed by atoms with Crippen LogP contribution in [0.25, 0.3) is 6.08 Å². The summed E-state index contributed by atoms with van der Waals surface area (Å²) < 4.78 is 5.28. The van der Waals surface area contributed by atoms with Crippen LogP contribution in [0.2, 0.25) is 0 Å². The van der Waals surface area contributed by atoms with Crippen molar-refractivity contribution >= 4 is 17.9 Å². The number of hydrogen-bond donors (Lipinski definition) is 2. The van der Waals surface area contributed by atoms with Gasteiger partial charge in [-0.2, -0.15) is 0 Å². The molecule has 6 heteroatoms. The molecule has 1 fully saturated rings. The standard InChI is InChI=1S/C18H25N3O3/c1-15(18(23)19-9-10-21-11-13-24-14-12-21)20-17(22)8-7-16-5-3-2-4-6-16/h2-8,15H,9-14H2,1H3,(H,19,23)(H,20,22)/b8-7+. The second-order valence-electron chi connectivity index (χ2n) is 5.72. The molecule has 24 heavy (non-hydrogen) atoms. The Morgan fingerprint density at radius 1 is 1.25 bits per heavy atom. The summed E-state index contributed by atoms with van der Waals surface area (Å²) >= 11 is 0. The van der Waals surface area contributed by atoms with Crippen molar-refractivity contribution in [3.63, 3.8) is 0 Å². The van der Waals surface area contributed by atoms with Gasteiger partial charge in [0.05, 0.1) is 13.2 Å². The summed E-state index contributed by atoms with van der Waals surface area (Å²) in [4.78, 5) is 26.1. The van der Waals surface area contributed by atoms with Gasteiger partial charge in [-0.3, -0.25) is 14.5 Å². The number of carbonyl (C=O) groups excluding carboxylic acids is 2. The van der Waals surface area contributed by atoms with Crippen LogP contribution in [0.1, 0.15) is 12.5 Å². The third-order valence-electron chi connectivity index (χ3n) is 3.81. The molecule has 1 aliphatic heterocycles. The number of benzene rings is 1. The van der Waals surface area contributed by atoms with Crippen LogP contribution in [-0.2, 0) is 14.3 Å². The molecular weight excluding hydrogens is 306 g/mol. The zero-order chi connectivity index (χ0) is 17.2. The van der Waals surface area contributed by atoms with Crippen LogP contribution in [0.3, 0.4) is 0 Å². The average Bonchev–Trinajstić information content (AvgIpc) is 2.61. The lowest BCUT2D eigenvalue weighted by Gasteiger charge is -2.26. The van der Waals surface area contributed by atoms with Gasteiger partial charge in [-0.05, 0) is 18.6 Å². The average molecular weight is 331 g/mol. The largest absolute Gasteiger partial charge is 0.379 e. The van der Waals surface area contributed by atoms with Crippen molar-refractivity contribution in [2.24, 2.45) is 0 Å². The minimum Gasteiger partial charge on any atom is -0.379 e. The first-order valence-electron chi connectivity index (χ1n) is 8.26. The van der Waals surface area contributed by atoms with E-state index >= 15 is 0 Å². The van der Waals surface area contributed by atoms with Gasteiger partial charge in [-0.15, -0.1) is 0 Å². The summed E-state index contributed by atoms with van der Waals surface area (Å²) in [7, 11) is 0. The fourth-order valence-corrected chi connectivity index (χ4v) is 2.38. The Morgan fingerprint density at radius 2 is 1.96 bits per heavy atom. The van der Waals surface area contributed by atoms with Gasteiger partial charge in [0, 0.05) is 32.3 Å². The molecule has 6 nitrogen and oxygen atoms in total. The highest BCUT2D eigenvalue weighted by atomic mass is 16.5. The molecule has 1 aromatic rings. The minimum absolute atomic E-state index is 0.176. The van der Waals surface area contributed by atoms with Gasteiger partial charge in [-0.25, -0.2) is 0 Å². The molecule has 2 N–H and O–H groups in total. The Kier molecular flexibility index (Phi) is 7.45. The van der Waals surface area contributed by atoms with E-state index in [1.807, 2.05) is 30.3 Å². The molecule has 2 amide bonds.